The first-order chi connectivity index (χ1) is 11.1. The number of benzene rings is 1. The number of carbonyl (C=O) groups is 1. The quantitative estimate of drug-likeness (QED) is 0.890. The van der Waals surface area contributed by atoms with Gasteiger partial charge in [0, 0.05) is 18.1 Å². The number of ether oxygens (including phenoxy) is 1. The van der Waals surface area contributed by atoms with Crippen LogP contribution in [0.3, 0.4) is 0 Å². The van der Waals surface area contributed by atoms with E-state index >= 15 is 0 Å². The second kappa shape index (κ2) is 7.14. The largest absolute Gasteiger partial charge is 0.444 e. The molecule has 1 N–H and O–H groups in total. The summed E-state index contributed by atoms with van der Waals surface area (Å²) in [6.45, 7) is 14.1. The predicted molar refractivity (Wildman–Crippen MR) is 98.0 cm³/mol. The predicted octanol–water partition coefficient (Wildman–Crippen LogP) is 4.37. The van der Waals surface area contributed by atoms with E-state index < -0.39 is 5.60 Å². The fourth-order valence-electron chi connectivity index (χ4n) is 3.34. The molecule has 2 rings (SSSR count). The molecule has 0 spiro atoms. The molecule has 1 unspecified atom stereocenters. The van der Waals surface area contributed by atoms with Crippen LogP contribution in [-0.4, -0.2) is 35.2 Å². The van der Waals surface area contributed by atoms with Gasteiger partial charge in [0.2, 0.25) is 0 Å². The number of alkyl carbamates (subject to hydrolysis) is 1. The standard InChI is InChI=1S/C20H32N2O2/c1-15(16-10-8-7-9-11-16)22-13-12-17(14-22)20(5,6)21-18(23)24-19(2,3)4/h7-11,15,17H,12-14H2,1-6H3,(H,21,23)/t15-,17?/m1/s1. The minimum atomic E-state index is -0.469. The summed E-state index contributed by atoms with van der Waals surface area (Å²) in [5, 5.41) is 3.07. The molecular weight excluding hydrogens is 300 g/mol. The highest BCUT2D eigenvalue weighted by Crippen LogP contribution is 2.32. The molecule has 1 aliphatic rings. The van der Waals surface area contributed by atoms with Gasteiger partial charge in [0.1, 0.15) is 5.60 Å². The Morgan fingerprint density at radius 1 is 1.21 bits per heavy atom. The zero-order valence-electron chi connectivity index (χ0n) is 15.9. The van der Waals surface area contributed by atoms with Crippen molar-refractivity contribution in [1.82, 2.24) is 10.2 Å². The van der Waals surface area contributed by atoms with Crippen LogP contribution in [0, 0.1) is 5.92 Å². The van der Waals surface area contributed by atoms with Crippen molar-refractivity contribution >= 4 is 6.09 Å². The van der Waals surface area contributed by atoms with Crippen molar-refractivity contribution in [2.45, 2.75) is 65.1 Å². The fraction of sp³-hybridized carbons (Fsp3) is 0.650. The van der Waals surface area contributed by atoms with Gasteiger partial charge in [-0.3, -0.25) is 4.90 Å². The highest BCUT2D eigenvalue weighted by molar-refractivity contribution is 5.68. The second-order valence-electron chi connectivity index (χ2n) is 8.42. The summed E-state index contributed by atoms with van der Waals surface area (Å²) in [6.07, 6.45) is 0.752. The highest BCUT2D eigenvalue weighted by atomic mass is 16.6. The van der Waals surface area contributed by atoms with E-state index in [2.05, 4.69) is 61.3 Å². The first kappa shape index (κ1) is 18.8. The summed E-state index contributed by atoms with van der Waals surface area (Å²) in [4.78, 5) is 14.6. The van der Waals surface area contributed by atoms with Crippen LogP contribution in [0.25, 0.3) is 0 Å². The lowest BCUT2D eigenvalue weighted by molar-refractivity contribution is 0.0436. The maximum atomic E-state index is 12.1. The van der Waals surface area contributed by atoms with Crippen molar-refractivity contribution in [1.29, 1.82) is 0 Å². The van der Waals surface area contributed by atoms with Crippen LogP contribution in [-0.2, 0) is 4.74 Å². The van der Waals surface area contributed by atoms with Gasteiger partial charge in [0.05, 0.1) is 0 Å². The number of carbonyl (C=O) groups excluding carboxylic acids is 1. The molecule has 0 bridgehead atoms. The maximum absolute atomic E-state index is 12.1. The molecule has 4 heteroatoms. The third-order valence-corrected chi connectivity index (χ3v) is 4.89. The molecule has 0 aromatic heterocycles. The number of nitrogens with zero attached hydrogens (tertiary/aromatic N) is 1. The minimum Gasteiger partial charge on any atom is -0.444 e. The van der Waals surface area contributed by atoms with Crippen molar-refractivity contribution in [3.8, 4) is 0 Å². The number of hydrogen-bond acceptors (Lipinski definition) is 3. The molecule has 1 aromatic carbocycles. The molecule has 1 fully saturated rings. The Balaban J connectivity index is 1.95. The Morgan fingerprint density at radius 3 is 2.42 bits per heavy atom. The Labute approximate surface area is 146 Å². The number of amides is 1. The van der Waals surface area contributed by atoms with Crippen LogP contribution in [0.1, 0.15) is 59.6 Å². The molecular formula is C20H32N2O2. The van der Waals surface area contributed by atoms with Crippen LogP contribution in [0.2, 0.25) is 0 Å². The average molecular weight is 332 g/mol. The molecule has 0 aliphatic carbocycles. The Bertz CT molecular complexity index is 549. The first-order valence-electron chi connectivity index (χ1n) is 8.88. The molecule has 1 amide bonds. The van der Waals surface area contributed by atoms with Crippen molar-refractivity contribution in [2.24, 2.45) is 5.92 Å². The summed E-state index contributed by atoms with van der Waals surface area (Å²) < 4.78 is 5.41. The van der Waals surface area contributed by atoms with Gasteiger partial charge in [-0.1, -0.05) is 30.3 Å². The van der Waals surface area contributed by atoms with Gasteiger partial charge in [0.15, 0.2) is 0 Å². The third kappa shape index (κ3) is 4.97. The molecule has 24 heavy (non-hydrogen) atoms. The molecule has 4 nitrogen and oxygen atoms in total. The number of hydrogen-bond donors (Lipinski definition) is 1. The summed E-state index contributed by atoms with van der Waals surface area (Å²) in [5.41, 5.74) is 0.591. The van der Waals surface area contributed by atoms with Gasteiger partial charge in [-0.15, -0.1) is 0 Å². The van der Waals surface area contributed by atoms with Crippen molar-refractivity contribution in [3.05, 3.63) is 35.9 Å². The van der Waals surface area contributed by atoms with E-state index in [4.69, 9.17) is 4.74 Å². The smallest absolute Gasteiger partial charge is 0.408 e. The van der Waals surface area contributed by atoms with E-state index in [-0.39, 0.29) is 11.6 Å². The fourth-order valence-corrected chi connectivity index (χ4v) is 3.34. The minimum absolute atomic E-state index is 0.284. The monoisotopic (exact) mass is 332 g/mol. The highest BCUT2D eigenvalue weighted by Gasteiger charge is 2.38. The normalized spacial score (nSPS) is 20.7. The van der Waals surface area contributed by atoms with E-state index in [1.165, 1.54) is 5.56 Å². The zero-order chi connectivity index (χ0) is 18.0. The molecule has 2 atom stereocenters. The lowest BCUT2D eigenvalue weighted by atomic mass is 9.87. The van der Waals surface area contributed by atoms with Gasteiger partial charge < -0.3 is 10.1 Å². The number of rotatable bonds is 4. The van der Waals surface area contributed by atoms with Crippen molar-refractivity contribution in [2.75, 3.05) is 13.1 Å². The molecule has 1 aromatic rings. The van der Waals surface area contributed by atoms with Gasteiger partial charge in [0.25, 0.3) is 0 Å². The van der Waals surface area contributed by atoms with Crippen molar-refractivity contribution in [3.63, 3.8) is 0 Å². The Morgan fingerprint density at radius 2 is 1.83 bits per heavy atom. The second-order valence-corrected chi connectivity index (χ2v) is 8.42. The van der Waals surface area contributed by atoms with E-state index in [1.54, 1.807) is 0 Å². The maximum Gasteiger partial charge on any atom is 0.408 e. The SMILES string of the molecule is C[C@H](c1ccccc1)N1CCC(C(C)(C)NC(=O)OC(C)(C)C)C1. The summed E-state index contributed by atoms with van der Waals surface area (Å²) in [6, 6.07) is 11.0. The summed E-state index contributed by atoms with van der Waals surface area (Å²) >= 11 is 0. The third-order valence-electron chi connectivity index (χ3n) is 4.89. The Kier molecular flexibility index (Phi) is 5.59. The summed E-state index contributed by atoms with van der Waals surface area (Å²) in [5.74, 6) is 0.413. The van der Waals surface area contributed by atoms with Crippen LogP contribution in [0.4, 0.5) is 4.79 Å². The van der Waals surface area contributed by atoms with Gasteiger partial charge >= 0.3 is 6.09 Å². The van der Waals surface area contributed by atoms with E-state index in [0.717, 1.165) is 19.5 Å². The Hall–Kier alpha value is -1.55. The molecule has 0 saturated carbocycles. The topological polar surface area (TPSA) is 41.6 Å². The van der Waals surface area contributed by atoms with Crippen LogP contribution in [0.5, 0.6) is 0 Å². The van der Waals surface area contributed by atoms with Gasteiger partial charge in [-0.2, -0.15) is 0 Å². The molecule has 134 valence electrons. The lowest BCUT2D eigenvalue weighted by Crippen LogP contribution is -2.51. The zero-order valence-corrected chi connectivity index (χ0v) is 15.9. The average Bonchev–Trinajstić information content (AvgIpc) is 2.95. The van der Waals surface area contributed by atoms with Crippen molar-refractivity contribution < 1.29 is 9.53 Å². The number of nitrogens with one attached hydrogen (secondary N) is 1. The van der Waals surface area contributed by atoms with Gasteiger partial charge in [-0.25, -0.2) is 4.79 Å². The van der Waals surface area contributed by atoms with E-state index in [0.29, 0.717) is 12.0 Å². The van der Waals surface area contributed by atoms with Gasteiger partial charge in [-0.05, 0) is 66.0 Å². The van der Waals surface area contributed by atoms with E-state index in [9.17, 15) is 4.79 Å². The molecule has 1 saturated heterocycles. The molecule has 1 aliphatic heterocycles. The first-order valence-corrected chi connectivity index (χ1v) is 8.88. The lowest BCUT2D eigenvalue weighted by Gasteiger charge is -2.34. The molecule has 1 heterocycles. The van der Waals surface area contributed by atoms with Crippen LogP contribution >= 0.6 is 0 Å². The van der Waals surface area contributed by atoms with Crippen LogP contribution < -0.4 is 5.32 Å². The van der Waals surface area contributed by atoms with E-state index in [1.807, 2.05) is 20.8 Å². The summed E-state index contributed by atoms with van der Waals surface area (Å²) in [7, 11) is 0. The molecule has 0 radical (unpaired) electrons. The van der Waals surface area contributed by atoms with Crippen LogP contribution in [0.15, 0.2) is 30.3 Å². The number of likely N-dealkylation sites (tertiary alicyclic amines) is 1.